The summed E-state index contributed by atoms with van der Waals surface area (Å²) in [5, 5.41) is 3.73. The van der Waals surface area contributed by atoms with E-state index >= 15 is 0 Å². The topological polar surface area (TPSA) is 53.9 Å². The molecule has 0 aliphatic carbocycles. The van der Waals surface area contributed by atoms with Crippen LogP contribution < -0.4 is 10.2 Å². The van der Waals surface area contributed by atoms with Gasteiger partial charge in [0.2, 0.25) is 5.95 Å². The molecule has 6 heteroatoms. The van der Waals surface area contributed by atoms with Crippen molar-refractivity contribution in [1.29, 1.82) is 0 Å². The number of halogens is 1. The Labute approximate surface area is 130 Å². The van der Waals surface area contributed by atoms with Crippen LogP contribution in [0.15, 0.2) is 30.6 Å². The second-order valence-electron chi connectivity index (χ2n) is 4.78. The van der Waals surface area contributed by atoms with E-state index in [1.54, 1.807) is 12.4 Å². The van der Waals surface area contributed by atoms with Crippen LogP contribution in [-0.2, 0) is 6.42 Å². The Morgan fingerprint density at radius 1 is 1.29 bits per heavy atom. The lowest BCUT2D eigenvalue weighted by Gasteiger charge is -2.19. The average Bonchev–Trinajstić information content (AvgIpc) is 2.53. The van der Waals surface area contributed by atoms with Gasteiger partial charge in [0.25, 0.3) is 0 Å². The van der Waals surface area contributed by atoms with Gasteiger partial charge in [-0.25, -0.2) is 4.98 Å². The highest BCUT2D eigenvalue weighted by molar-refractivity contribution is 6.32. The zero-order valence-corrected chi connectivity index (χ0v) is 13.1. The largest absolute Gasteiger partial charge is 0.358 e. The second kappa shape index (κ2) is 7.78. The van der Waals surface area contributed by atoms with E-state index in [2.05, 4.69) is 27.2 Å². The molecular formula is C15H20ClN5. The van der Waals surface area contributed by atoms with Crippen LogP contribution in [0.1, 0.15) is 19.0 Å². The van der Waals surface area contributed by atoms with Crippen LogP contribution in [0.3, 0.4) is 0 Å². The number of nitrogens with one attached hydrogen (secondary N) is 1. The standard InChI is InChI=1S/C15H20ClN5/c1-3-8-18-15-19-11-13(16)14(20-15)21(2)10-7-12-6-4-5-9-17-12/h4-6,9,11H,3,7-8,10H2,1-2H3,(H,18,19,20). The summed E-state index contributed by atoms with van der Waals surface area (Å²) in [6, 6.07) is 5.93. The lowest BCUT2D eigenvalue weighted by molar-refractivity contribution is 0.834. The van der Waals surface area contributed by atoms with Crippen molar-refractivity contribution in [2.75, 3.05) is 30.4 Å². The van der Waals surface area contributed by atoms with Gasteiger partial charge >= 0.3 is 0 Å². The van der Waals surface area contributed by atoms with Crippen molar-refractivity contribution < 1.29 is 0 Å². The number of likely N-dealkylation sites (N-methyl/N-ethyl adjacent to an activating group) is 1. The van der Waals surface area contributed by atoms with E-state index in [1.165, 1.54) is 0 Å². The van der Waals surface area contributed by atoms with Gasteiger partial charge in [-0.2, -0.15) is 4.98 Å². The Kier molecular flexibility index (Phi) is 5.75. The normalized spacial score (nSPS) is 10.4. The van der Waals surface area contributed by atoms with Crippen molar-refractivity contribution in [3.05, 3.63) is 41.3 Å². The highest BCUT2D eigenvalue weighted by Crippen LogP contribution is 2.22. The Bertz CT molecular complexity index is 561. The molecule has 0 fully saturated rings. The quantitative estimate of drug-likeness (QED) is 0.852. The Morgan fingerprint density at radius 2 is 2.14 bits per heavy atom. The zero-order valence-electron chi connectivity index (χ0n) is 12.4. The summed E-state index contributed by atoms with van der Waals surface area (Å²) < 4.78 is 0. The molecule has 5 nitrogen and oxygen atoms in total. The maximum atomic E-state index is 6.20. The molecule has 2 rings (SSSR count). The molecule has 0 aromatic carbocycles. The van der Waals surface area contributed by atoms with Gasteiger partial charge in [-0.05, 0) is 18.6 Å². The molecule has 0 atom stereocenters. The predicted molar refractivity (Wildman–Crippen MR) is 87.0 cm³/mol. The molecular weight excluding hydrogens is 286 g/mol. The first-order chi connectivity index (χ1) is 10.2. The van der Waals surface area contributed by atoms with E-state index in [0.29, 0.717) is 11.0 Å². The van der Waals surface area contributed by atoms with Crippen molar-refractivity contribution >= 4 is 23.4 Å². The fourth-order valence-electron chi connectivity index (χ4n) is 1.88. The first kappa shape index (κ1) is 15.5. The SMILES string of the molecule is CCCNc1ncc(Cl)c(N(C)CCc2ccccn2)n1. The van der Waals surface area contributed by atoms with Gasteiger partial charge in [-0.15, -0.1) is 0 Å². The van der Waals surface area contributed by atoms with E-state index in [4.69, 9.17) is 11.6 Å². The Balaban J connectivity index is 2.02. The molecule has 0 radical (unpaired) electrons. The van der Waals surface area contributed by atoms with Gasteiger partial charge in [0.1, 0.15) is 5.02 Å². The second-order valence-corrected chi connectivity index (χ2v) is 5.19. The van der Waals surface area contributed by atoms with Gasteiger partial charge in [-0.1, -0.05) is 24.6 Å². The first-order valence-electron chi connectivity index (χ1n) is 7.08. The van der Waals surface area contributed by atoms with Gasteiger partial charge < -0.3 is 10.2 Å². The molecule has 0 spiro atoms. The van der Waals surface area contributed by atoms with E-state index in [-0.39, 0.29) is 0 Å². The molecule has 0 amide bonds. The molecule has 1 N–H and O–H groups in total. The first-order valence-corrected chi connectivity index (χ1v) is 7.46. The third kappa shape index (κ3) is 4.56. The molecule has 112 valence electrons. The summed E-state index contributed by atoms with van der Waals surface area (Å²) in [7, 11) is 1.97. The molecule has 0 saturated heterocycles. The van der Waals surface area contributed by atoms with E-state index in [9.17, 15) is 0 Å². The van der Waals surface area contributed by atoms with Crippen molar-refractivity contribution in [2.45, 2.75) is 19.8 Å². The molecule has 0 unspecified atom stereocenters. The Hall–Kier alpha value is -1.88. The van der Waals surface area contributed by atoms with Crippen LogP contribution in [0.25, 0.3) is 0 Å². The number of hydrogen-bond acceptors (Lipinski definition) is 5. The molecule has 0 aliphatic rings. The number of anilines is 2. The molecule has 2 aromatic heterocycles. The number of rotatable bonds is 7. The minimum atomic E-state index is 0.556. The zero-order chi connectivity index (χ0) is 15.1. The minimum absolute atomic E-state index is 0.556. The van der Waals surface area contributed by atoms with Crippen molar-refractivity contribution in [2.24, 2.45) is 0 Å². The van der Waals surface area contributed by atoms with Crippen LogP contribution >= 0.6 is 11.6 Å². The smallest absolute Gasteiger partial charge is 0.224 e. The maximum Gasteiger partial charge on any atom is 0.224 e. The van der Waals surface area contributed by atoms with Gasteiger partial charge in [0.05, 0.1) is 6.20 Å². The lowest BCUT2D eigenvalue weighted by Crippen LogP contribution is -2.22. The van der Waals surface area contributed by atoms with E-state index in [1.807, 2.05) is 30.1 Å². The molecule has 2 aromatic rings. The summed E-state index contributed by atoms with van der Waals surface area (Å²) in [6.07, 6.45) is 5.31. The van der Waals surface area contributed by atoms with Gasteiger partial charge in [0.15, 0.2) is 5.82 Å². The highest BCUT2D eigenvalue weighted by Gasteiger charge is 2.10. The third-order valence-electron chi connectivity index (χ3n) is 3.05. The molecule has 0 aliphatic heterocycles. The monoisotopic (exact) mass is 305 g/mol. The average molecular weight is 306 g/mol. The van der Waals surface area contributed by atoms with Gasteiger partial charge in [0, 0.05) is 38.4 Å². The molecule has 21 heavy (non-hydrogen) atoms. The van der Waals surface area contributed by atoms with Gasteiger partial charge in [-0.3, -0.25) is 4.98 Å². The van der Waals surface area contributed by atoms with Crippen molar-refractivity contribution in [1.82, 2.24) is 15.0 Å². The van der Waals surface area contributed by atoms with E-state index < -0.39 is 0 Å². The van der Waals surface area contributed by atoms with Crippen LogP contribution in [0, 0.1) is 0 Å². The van der Waals surface area contributed by atoms with Crippen LogP contribution in [0.2, 0.25) is 5.02 Å². The number of pyridine rings is 1. The summed E-state index contributed by atoms with van der Waals surface area (Å²) in [5.74, 6) is 1.35. The molecule has 2 heterocycles. The third-order valence-corrected chi connectivity index (χ3v) is 3.32. The minimum Gasteiger partial charge on any atom is -0.358 e. The molecule has 0 saturated carbocycles. The fraction of sp³-hybridized carbons (Fsp3) is 0.400. The maximum absolute atomic E-state index is 6.20. The summed E-state index contributed by atoms with van der Waals surface area (Å²) in [6.45, 7) is 3.74. The summed E-state index contributed by atoms with van der Waals surface area (Å²) in [5.41, 5.74) is 1.05. The van der Waals surface area contributed by atoms with Crippen molar-refractivity contribution in [3.63, 3.8) is 0 Å². The number of hydrogen-bond donors (Lipinski definition) is 1. The number of aromatic nitrogens is 3. The summed E-state index contributed by atoms with van der Waals surface area (Å²) in [4.78, 5) is 15.0. The predicted octanol–water partition coefficient (Wildman–Crippen LogP) is 3.03. The van der Waals surface area contributed by atoms with Crippen LogP contribution in [0.4, 0.5) is 11.8 Å². The number of nitrogens with zero attached hydrogens (tertiary/aromatic N) is 4. The molecule has 0 bridgehead atoms. The van der Waals surface area contributed by atoms with Crippen LogP contribution in [0.5, 0.6) is 0 Å². The Morgan fingerprint density at radius 3 is 2.86 bits per heavy atom. The highest BCUT2D eigenvalue weighted by atomic mass is 35.5. The lowest BCUT2D eigenvalue weighted by atomic mass is 10.2. The van der Waals surface area contributed by atoms with E-state index in [0.717, 1.165) is 37.4 Å². The fourth-order valence-corrected chi connectivity index (χ4v) is 2.12. The van der Waals surface area contributed by atoms with Crippen LogP contribution in [-0.4, -0.2) is 35.1 Å². The van der Waals surface area contributed by atoms with Crippen molar-refractivity contribution in [3.8, 4) is 0 Å². The summed E-state index contributed by atoms with van der Waals surface area (Å²) >= 11 is 6.20.